The Hall–Kier alpha value is -1.64. The molecule has 1 aromatic heterocycles. The molecule has 1 heterocycles. The molecule has 2 aromatic rings. The molecule has 1 saturated carbocycles. The number of benzene rings is 1. The van der Waals surface area contributed by atoms with E-state index >= 15 is 0 Å². The van der Waals surface area contributed by atoms with Gasteiger partial charge < -0.3 is 4.57 Å². The van der Waals surface area contributed by atoms with Crippen LogP contribution in [0.3, 0.4) is 0 Å². The number of nitrogens with zero attached hydrogens (tertiary/aromatic N) is 1. The highest BCUT2D eigenvalue weighted by molar-refractivity contribution is 5.86. The number of carbonyl (C=O) groups is 1. The highest BCUT2D eigenvalue weighted by Gasteiger charge is 2.23. The normalized spacial score (nSPS) is 17.6. The van der Waals surface area contributed by atoms with Crippen LogP contribution >= 0.6 is 0 Å². The van der Waals surface area contributed by atoms with Gasteiger partial charge in [0.2, 0.25) is 0 Å². The van der Waals surface area contributed by atoms with Crippen LogP contribution in [-0.2, 0) is 11.8 Å². The Kier molecular flexibility index (Phi) is 2.69. The standard InChI is InChI=1S/C15H16FNO/c1-17-9-13(10-5-7-11(18)8-6-10)12-3-2-4-14(16)15(12)17/h2-4,9-10H,5-8H2,1H3. The fourth-order valence-electron chi connectivity index (χ4n) is 3.03. The zero-order valence-electron chi connectivity index (χ0n) is 10.4. The van der Waals surface area contributed by atoms with Gasteiger partial charge in [0.05, 0.1) is 5.52 Å². The van der Waals surface area contributed by atoms with E-state index in [1.807, 2.05) is 23.9 Å². The van der Waals surface area contributed by atoms with Gasteiger partial charge in [-0.25, -0.2) is 4.39 Å². The first kappa shape index (κ1) is 11.5. The lowest BCUT2D eigenvalue weighted by Gasteiger charge is -2.20. The molecule has 1 fully saturated rings. The Balaban J connectivity index is 2.07. The number of carbonyl (C=O) groups excluding carboxylic acids is 1. The molecule has 1 aliphatic rings. The van der Waals surface area contributed by atoms with E-state index in [0.29, 0.717) is 30.1 Å². The Morgan fingerprint density at radius 1 is 1.28 bits per heavy atom. The number of hydrogen-bond donors (Lipinski definition) is 0. The van der Waals surface area contributed by atoms with Crippen molar-refractivity contribution in [3.63, 3.8) is 0 Å². The Bertz CT molecular complexity index is 604. The first-order chi connectivity index (χ1) is 8.66. The maximum absolute atomic E-state index is 13.8. The third-order valence-electron chi connectivity index (χ3n) is 3.97. The minimum Gasteiger partial charge on any atom is -0.348 e. The topological polar surface area (TPSA) is 22.0 Å². The number of fused-ring (bicyclic) bond motifs is 1. The number of rotatable bonds is 1. The van der Waals surface area contributed by atoms with Gasteiger partial charge in [0, 0.05) is 31.5 Å². The van der Waals surface area contributed by atoms with Crippen LogP contribution in [0.15, 0.2) is 24.4 Å². The SMILES string of the molecule is Cn1cc(C2CCC(=O)CC2)c2cccc(F)c21. The molecule has 0 aliphatic heterocycles. The van der Waals surface area contributed by atoms with Crippen molar-refractivity contribution in [3.8, 4) is 0 Å². The van der Waals surface area contributed by atoms with Crippen LogP contribution in [0.4, 0.5) is 4.39 Å². The summed E-state index contributed by atoms with van der Waals surface area (Å²) < 4.78 is 15.7. The molecule has 0 unspecified atom stereocenters. The van der Waals surface area contributed by atoms with Crippen molar-refractivity contribution in [1.29, 1.82) is 0 Å². The minimum atomic E-state index is -0.173. The van der Waals surface area contributed by atoms with Gasteiger partial charge in [0.1, 0.15) is 11.6 Å². The monoisotopic (exact) mass is 245 g/mol. The molecule has 0 N–H and O–H groups in total. The summed E-state index contributed by atoms with van der Waals surface area (Å²) in [5.74, 6) is 0.582. The average molecular weight is 245 g/mol. The number of halogens is 1. The van der Waals surface area contributed by atoms with E-state index in [0.717, 1.165) is 18.2 Å². The van der Waals surface area contributed by atoms with E-state index in [-0.39, 0.29) is 5.82 Å². The van der Waals surface area contributed by atoms with Gasteiger partial charge in [0.25, 0.3) is 0 Å². The lowest BCUT2D eigenvalue weighted by Crippen LogP contribution is -2.12. The Morgan fingerprint density at radius 3 is 2.72 bits per heavy atom. The van der Waals surface area contributed by atoms with Gasteiger partial charge in [0.15, 0.2) is 0 Å². The molecule has 94 valence electrons. The maximum Gasteiger partial charge on any atom is 0.147 e. The highest BCUT2D eigenvalue weighted by atomic mass is 19.1. The summed E-state index contributed by atoms with van der Waals surface area (Å²) in [7, 11) is 1.88. The van der Waals surface area contributed by atoms with Crippen molar-refractivity contribution >= 4 is 16.7 Å². The molecule has 3 heteroatoms. The molecule has 0 radical (unpaired) electrons. The van der Waals surface area contributed by atoms with Crippen LogP contribution < -0.4 is 0 Å². The zero-order chi connectivity index (χ0) is 12.7. The van der Waals surface area contributed by atoms with Gasteiger partial charge in [-0.05, 0) is 30.4 Å². The van der Waals surface area contributed by atoms with E-state index in [4.69, 9.17) is 0 Å². The van der Waals surface area contributed by atoms with E-state index < -0.39 is 0 Å². The number of hydrogen-bond acceptors (Lipinski definition) is 1. The second kappa shape index (κ2) is 4.23. The lowest BCUT2D eigenvalue weighted by atomic mass is 9.83. The van der Waals surface area contributed by atoms with Crippen LogP contribution in [0.25, 0.3) is 10.9 Å². The van der Waals surface area contributed by atoms with Gasteiger partial charge in [-0.15, -0.1) is 0 Å². The van der Waals surface area contributed by atoms with Crippen LogP contribution in [-0.4, -0.2) is 10.4 Å². The van der Waals surface area contributed by atoms with Crippen molar-refractivity contribution in [1.82, 2.24) is 4.57 Å². The number of aryl methyl sites for hydroxylation is 1. The van der Waals surface area contributed by atoms with Crippen molar-refractivity contribution < 1.29 is 9.18 Å². The molecular formula is C15H16FNO. The molecule has 0 atom stereocenters. The molecule has 3 rings (SSSR count). The minimum absolute atomic E-state index is 0.173. The summed E-state index contributed by atoms with van der Waals surface area (Å²) in [5, 5.41) is 0.997. The highest BCUT2D eigenvalue weighted by Crippen LogP contribution is 2.36. The first-order valence-electron chi connectivity index (χ1n) is 6.42. The number of para-hydroxylation sites is 1. The van der Waals surface area contributed by atoms with Crippen LogP contribution in [0.1, 0.15) is 37.2 Å². The fraction of sp³-hybridized carbons (Fsp3) is 0.400. The Labute approximate surface area is 105 Å². The quantitative estimate of drug-likeness (QED) is 0.753. The van der Waals surface area contributed by atoms with Crippen molar-refractivity contribution in [2.75, 3.05) is 0 Å². The summed E-state index contributed by atoms with van der Waals surface area (Å²) in [4.78, 5) is 11.3. The van der Waals surface area contributed by atoms with E-state index in [1.165, 1.54) is 11.6 Å². The van der Waals surface area contributed by atoms with Crippen LogP contribution in [0.2, 0.25) is 0 Å². The average Bonchev–Trinajstić information content (AvgIpc) is 2.69. The number of ketones is 1. The molecule has 2 nitrogen and oxygen atoms in total. The predicted octanol–water partition coefficient (Wildman–Crippen LogP) is 3.54. The zero-order valence-corrected chi connectivity index (χ0v) is 10.4. The Morgan fingerprint density at radius 2 is 2.00 bits per heavy atom. The van der Waals surface area contributed by atoms with Gasteiger partial charge in [-0.3, -0.25) is 4.79 Å². The van der Waals surface area contributed by atoms with Gasteiger partial charge in [-0.1, -0.05) is 12.1 Å². The number of aromatic nitrogens is 1. The third kappa shape index (κ3) is 1.74. The molecule has 0 amide bonds. The first-order valence-corrected chi connectivity index (χ1v) is 6.42. The molecule has 1 aliphatic carbocycles. The summed E-state index contributed by atoms with van der Waals surface area (Å²) >= 11 is 0. The molecule has 18 heavy (non-hydrogen) atoms. The number of Topliss-reactive ketones (excluding diaryl/α,β-unsaturated/α-hetero) is 1. The molecule has 0 saturated heterocycles. The van der Waals surface area contributed by atoms with Gasteiger partial charge in [-0.2, -0.15) is 0 Å². The molecule has 1 aromatic carbocycles. The van der Waals surface area contributed by atoms with Crippen LogP contribution in [0.5, 0.6) is 0 Å². The summed E-state index contributed by atoms with van der Waals surface area (Å²) in [6.07, 6.45) is 5.14. The summed E-state index contributed by atoms with van der Waals surface area (Å²) in [6, 6.07) is 5.23. The maximum atomic E-state index is 13.8. The predicted molar refractivity (Wildman–Crippen MR) is 69.1 cm³/mol. The van der Waals surface area contributed by atoms with E-state index in [9.17, 15) is 9.18 Å². The van der Waals surface area contributed by atoms with E-state index in [1.54, 1.807) is 6.07 Å². The smallest absolute Gasteiger partial charge is 0.147 e. The molecule has 0 spiro atoms. The van der Waals surface area contributed by atoms with Crippen molar-refractivity contribution in [2.45, 2.75) is 31.6 Å². The van der Waals surface area contributed by atoms with Crippen molar-refractivity contribution in [3.05, 3.63) is 35.8 Å². The van der Waals surface area contributed by atoms with Gasteiger partial charge >= 0.3 is 0 Å². The van der Waals surface area contributed by atoms with E-state index in [2.05, 4.69) is 0 Å². The fourth-order valence-corrected chi connectivity index (χ4v) is 3.03. The summed E-state index contributed by atoms with van der Waals surface area (Å²) in [6.45, 7) is 0. The molecule has 0 bridgehead atoms. The van der Waals surface area contributed by atoms with Crippen LogP contribution in [0, 0.1) is 5.82 Å². The second-order valence-corrected chi connectivity index (χ2v) is 5.14. The summed E-state index contributed by atoms with van der Waals surface area (Å²) in [5.41, 5.74) is 1.86. The molecular weight excluding hydrogens is 229 g/mol. The largest absolute Gasteiger partial charge is 0.348 e. The lowest BCUT2D eigenvalue weighted by molar-refractivity contribution is -0.120. The second-order valence-electron chi connectivity index (χ2n) is 5.14. The van der Waals surface area contributed by atoms with Crippen molar-refractivity contribution in [2.24, 2.45) is 7.05 Å². The third-order valence-corrected chi connectivity index (χ3v) is 3.97.